The van der Waals surface area contributed by atoms with Crippen molar-refractivity contribution >= 4 is 33.0 Å². The van der Waals surface area contributed by atoms with E-state index in [4.69, 9.17) is 17.4 Å². The van der Waals surface area contributed by atoms with Crippen LogP contribution in [0.25, 0.3) is 0 Å². The summed E-state index contributed by atoms with van der Waals surface area (Å²) in [6.07, 6.45) is 1.83. The number of sulfonamides is 1. The molecule has 1 unspecified atom stereocenters. The molecule has 1 heterocycles. The summed E-state index contributed by atoms with van der Waals surface area (Å²) in [5, 5.41) is 16.0. The minimum absolute atomic E-state index is 0.00556. The molecule has 0 radical (unpaired) electrons. The minimum atomic E-state index is -3.69. The smallest absolute Gasteiger partial charge is 0.238 e. The molecular weight excluding hydrogens is 346 g/mol. The fourth-order valence-electron chi connectivity index (χ4n) is 2.37. The van der Waals surface area contributed by atoms with Crippen molar-refractivity contribution in [1.29, 1.82) is 0 Å². The zero-order valence-electron chi connectivity index (χ0n) is 13.8. The van der Waals surface area contributed by atoms with Gasteiger partial charge >= 0.3 is 0 Å². The highest BCUT2D eigenvalue weighted by Gasteiger charge is 2.14. The summed E-state index contributed by atoms with van der Waals surface area (Å²) < 4.78 is 24.4. The van der Waals surface area contributed by atoms with Crippen LogP contribution in [-0.2, 0) is 16.6 Å². The van der Waals surface area contributed by atoms with E-state index in [0.29, 0.717) is 10.8 Å². The number of rotatable bonds is 5. The maximum atomic E-state index is 11.2. The molecule has 0 amide bonds. The van der Waals surface area contributed by atoms with E-state index in [1.807, 2.05) is 31.6 Å². The number of primary sulfonamides is 1. The molecule has 1 aromatic heterocycles. The summed E-state index contributed by atoms with van der Waals surface area (Å²) >= 11 is 5.30. The Labute approximate surface area is 147 Å². The second-order valence-electron chi connectivity index (χ2n) is 5.39. The molecule has 1 atom stereocenters. The molecule has 0 aliphatic carbocycles. The lowest BCUT2D eigenvalue weighted by atomic mass is 10.1. The van der Waals surface area contributed by atoms with Crippen molar-refractivity contribution in [2.24, 2.45) is 5.14 Å². The predicted molar refractivity (Wildman–Crippen MR) is 98.2 cm³/mol. The molecule has 0 bridgehead atoms. The topological polar surface area (TPSA) is 102 Å². The molecule has 1 aromatic carbocycles. The molecule has 4 N–H and O–H groups in total. The van der Waals surface area contributed by atoms with Crippen molar-refractivity contribution in [1.82, 2.24) is 15.1 Å². The molecule has 7 nitrogen and oxygen atoms in total. The average molecular weight is 368 g/mol. The Kier molecular flexibility index (Phi) is 5.58. The van der Waals surface area contributed by atoms with Gasteiger partial charge < -0.3 is 10.6 Å². The Bertz CT molecular complexity index is 828. The molecule has 0 spiro atoms. The van der Waals surface area contributed by atoms with Crippen LogP contribution in [0.4, 0.5) is 5.69 Å². The van der Waals surface area contributed by atoms with Gasteiger partial charge in [0, 0.05) is 23.5 Å². The third kappa shape index (κ3) is 4.31. The lowest BCUT2D eigenvalue weighted by molar-refractivity contribution is 0.598. The van der Waals surface area contributed by atoms with Crippen molar-refractivity contribution in [3.05, 3.63) is 41.7 Å². The fourth-order valence-corrected chi connectivity index (χ4v) is 3.18. The van der Waals surface area contributed by atoms with Crippen molar-refractivity contribution in [3.63, 3.8) is 0 Å². The van der Waals surface area contributed by atoms with Crippen LogP contribution in [0.2, 0.25) is 0 Å². The summed E-state index contributed by atoms with van der Waals surface area (Å²) in [5.74, 6) is 0. The molecule has 24 heavy (non-hydrogen) atoms. The standard InChI is InChI=1S/C15H21N5O2S2/c1-4-20-11(3)14(9-17-20)10(2)18-15(23)19-12-5-7-13(8-6-12)24(16,21)22/h5-10H,4H2,1-3H3,(H2,16,21,22)(H2,18,19,23). The van der Waals surface area contributed by atoms with Gasteiger partial charge in [-0.3, -0.25) is 4.68 Å². The van der Waals surface area contributed by atoms with Gasteiger partial charge in [-0.2, -0.15) is 5.10 Å². The van der Waals surface area contributed by atoms with Gasteiger partial charge in [-0.05, 0) is 57.3 Å². The van der Waals surface area contributed by atoms with E-state index in [1.54, 1.807) is 12.1 Å². The quantitative estimate of drug-likeness (QED) is 0.698. The number of hydrogen-bond acceptors (Lipinski definition) is 4. The average Bonchev–Trinajstić information content (AvgIpc) is 2.87. The lowest BCUT2D eigenvalue weighted by Gasteiger charge is -2.17. The number of anilines is 1. The monoisotopic (exact) mass is 367 g/mol. The van der Waals surface area contributed by atoms with Crippen LogP contribution in [0.5, 0.6) is 0 Å². The van der Waals surface area contributed by atoms with E-state index in [-0.39, 0.29) is 10.9 Å². The van der Waals surface area contributed by atoms with E-state index in [0.717, 1.165) is 17.8 Å². The maximum absolute atomic E-state index is 11.2. The first-order chi connectivity index (χ1) is 11.2. The van der Waals surface area contributed by atoms with Gasteiger partial charge in [-0.25, -0.2) is 13.6 Å². The van der Waals surface area contributed by atoms with Crippen LogP contribution in [-0.4, -0.2) is 23.3 Å². The number of hydrogen-bond donors (Lipinski definition) is 3. The third-order valence-corrected chi connectivity index (χ3v) is 4.84. The highest BCUT2D eigenvalue weighted by molar-refractivity contribution is 7.89. The van der Waals surface area contributed by atoms with Crippen LogP contribution < -0.4 is 15.8 Å². The van der Waals surface area contributed by atoms with E-state index in [2.05, 4.69) is 15.7 Å². The lowest BCUT2D eigenvalue weighted by Crippen LogP contribution is -2.31. The van der Waals surface area contributed by atoms with Crippen molar-refractivity contribution < 1.29 is 8.42 Å². The normalized spacial score (nSPS) is 12.7. The van der Waals surface area contributed by atoms with Crippen LogP contribution in [0.3, 0.4) is 0 Å². The van der Waals surface area contributed by atoms with E-state index in [1.165, 1.54) is 12.1 Å². The highest BCUT2D eigenvalue weighted by atomic mass is 32.2. The zero-order valence-corrected chi connectivity index (χ0v) is 15.4. The SMILES string of the molecule is CCn1ncc(C(C)NC(=S)Nc2ccc(S(N)(=O)=O)cc2)c1C. The molecule has 9 heteroatoms. The van der Waals surface area contributed by atoms with Crippen LogP contribution in [0.1, 0.15) is 31.1 Å². The molecule has 0 saturated heterocycles. The molecule has 0 aliphatic rings. The van der Waals surface area contributed by atoms with Crippen LogP contribution in [0, 0.1) is 6.92 Å². The van der Waals surface area contributed by atoms with Gasteiger partial charge in [0.1, 0.15) is 0 Å². The number of nitrogens with two attached hydrogens (primary N) is 1. The molecular formula is C15H21N5O2S2. The molecule has 0 fully saturated rings. The Morgan fingerprint density at radius 1 is 1.38 bits per heavy atom. The van der Waals surface area contributed by atoms with Gasteiger partial charge in [-0.15, -0.1) is 0 Å². The van der Waals surface area contributed by atoms with E-state index in [9.17, 15) is 8.42 Å². The van der Waals surface area contributed by atoms with Crippen molar-refractivity contribution in [3.8, 4) is 0 Å². The largest absolute Gasteiger partial charge is 0.356 e. The van der Waals surface area contributed by atoms with Crippen molar-refractivity contribution in [2.45, 2.75) is 38.3 Å². The minimum Gasteiger partial charge on any atom is -0.356 e. The summed E-state index contributed by atoms with van der Waals surface area (Å²) in [6, 6.07) is 6.07. The van der Waals surface area contributed by atoms with E-state index >= 15 is 0 Å². The first kappa shape index (κ1) is 18.4. The molecule has 0 aliphatic heterocycles. The number of benzene rings is 1. The van der Waals surface area contributed by atoms with Gasteiger partial charge in [-0.1, -0.05) is 0 Å². The fraction of sp³-hybridized carbons (Fsp3) is 0.333. The third-order valence-electron chi connectivity index (χ3n) is 3.70. The van der Waals surface area contributed by atoms with Crippen molar-refractivity contribution in [2.75, 3.05) is 5.32 Å². The Hall–Kier alpha value is -1.97. The number of aryl methyl sites for hydroxylation is 1. The Morgan fingerprint density at radius 2 is 2.00 bits per heavy atom. The van der Waals surface area contributed by atoms with Crippen LogP contribution in [0.15, 0.2) is 35.4 Å². The summed E-state index contributed by atoms with van der Waals surface area (Å²) in [6.45, 7) is 6.88. The Balaban J connectivity index is 2.01. The van der Waals surface area contributed by atoms with Gasteiger partial charge in [0.2, 0.25) is 10.0 Å². The molecule has 130 valence electrons. The second kappa shape index (κ2) is 7.29. The number of nitrogens with one attached hydrogen (secondary N) is 2. The van der Waals surface area contributed by atoms with E-state index < -0.39 is 10.0 Å². The van der Waals surface area contributed by atoms with Crippen LogP contribution >= 0.6 is 12.2 Å². The maximum Gasteiger partial charge on any atom is 0.238 e. The van der Waals surface area contributed by atoms with Gasteiger partial charge in [0.15, 0.2) is 5.11 Å². The highest BCUT2D eigenvalue weighted by Crippen LogP contribution is 2.17. The molecule has 2 rings (SSSR count). The summed E-state index contributed by atoms with van der Waals surface area (Å²) in [4.78, 5) is 0.0582. The summed E-state index contributed by atoms with van der Waals surface area (Å²) in [7, 11) is -3.69. The predicted octanol–water partition coefficient (Wildman–Crippen LogP) is 1.91. The van der Waals surface area contributed by atoms with Gasteiger partial charge in [0.05, 0.1) is 17.1 Å². The molecule has 0 saturated carbocycles. The molecule has 2 aromatic rings. The van der Waals surface area contributed by atoms with Gasteiger partial charge in [0.25, 0.3) is 0 Å². The summed E-state index contributed by atoms with van der Waals surface area (Å²) in [5.41, 5.74) is 2.84. The zero-order chi connectivity index (χ0) is 17.9. The first-order valence-corrected chi connectivity index (χ1v) is 9.40. The number of aromatic nitrogens is 2. The first-order valence-electron chi connectivity index (χ1n) is 7.45. The number of nitrogens with zero attached hydrogens (tertiary/aromatic N) is 2. The number of thiocarbonyl (C=S) groups is 1. The second-order valence-corrected chi connectivity index (χ2v) is 7.36. The Morgan fingerprint density at radius 3 is 2.50 bits per heavy atom.